The van der Waals surface area contributed by atoms with E-state index in [4.69, 9.17) is 4.74 Å². The van der Waals surface area contributed by atoms with Crippen molar-refractivity contribution in [1.82, 2.24) is 0 Å². The van der Waals surface area contributed by atoms with Crippen LogP contribution in [0.1, 0.15) is 20.8 Å². The maximum Gasteiger partial charge on any atom is 0.224 e. The molecule has 5 N–H and O–H groups in total. The quantitative estimate of drug-likeness (QED) is 0.349. The van der Waals surface area contributed by atoms with E-state index < -0.39 is 35.8 Å². The Hall–Kier alpha value is -0.240. The predicted molar refractivity (Wildman–Crippen MR) is 49.8 cm³/mol. The Morgan fingerprint density at radius 1 is 1.13 bits per heavy atom. The van der Waals surface area contributed by atoms with Gasteiger partial charge in [0.25, 0.3) is 0 Å². The molecule has 0 bridgehead atoms. The summed E-state index contributed by atoms with van der Waals surface area (Å²) in [6, 6.07) is 0. The normalized spacial score (nSPS) is 48.0. The average molecular weight is 222 g/mol. The standard InChI is InChI=1S/C9H18O6/c1-4-5(10)6(11)7(12)9(14,15-4)8(2,3)13/h4-7,10-14H,1-3H3/t4?,5-,6-,7+,9-/m1/s1. The summed E-state index contributed by atoms with van der Waals surface area (Å²) in [5, 5.41) is 48.0. The Morgan fingerprint density at radius 2 is 1.60 bits per heavy atom. The van der Waals surface area contributed by atoms with Gasteiger partial charge in [0.1, 0.15) is 23.9 Å². The number of aliphatic hydroxyl groups is 5. The van der Waals surface area contributed by atoms with Crippen LogP contribution in [0.5, 0.6) is 0 Å². The number of ether oxygens (including phenoxy) is 1. The zero-order valence-electron chi connectivity index (χ0n) is 8.95. The van der Waals surface area contributed by atoms with Gasteiger partial charge in [-0.3, -0.25) is 0 Å². The molecule has 6 nitrogen and oxygen atoms in total. The fourth-order valence-corrected chi connectivity index (χ4v) is 1.62. The minimum absolute atomic E-state index is 0.889. The van der Waals surface area contributed by atoms with Gasteiger partial charge in [-0.1, -0.05) is 0 Å². The van der Waals surface area contributed by atoms with Crippen molar-refractivity contribution in [3.63, 3.8) is 0 Å². The second-order valence-corrected chi connectivity index (χ2v) is 4.50. The first-order chi connectivity index (χ1) is 6.61. The summed E-state index contributed by atoms with van der Waals surface area (Å²) >= 11 is 0. The summed E-state index contributed by atoms with van der Waals surface area (Å²) in [4.78, 5) is 0. The summed E-state index contributed by atoms with van der Waals surface area (Å²) in [6.07, 6.45) is -5.53. The lowest BCUT2D eigenvalue weighted by molar-refractivity contribution is -0.389. The van der Waals surface area contributed by atoms with Crippen LogP contribution < -0.4 is 0 Å². The molecule has 0 radical (unpaired) electrons. The first-order valence-corrected chi connectivity index (χ1v) is 4.78. The van der Waals surface area contributed by atoms with E-state index in [1.54, 1.807) is 0 Å². The van der Waals surface area contributed by atoms with E-state index >= 15 is 0 Å². The fourth-order valence-electron chi connectivity index (χ4n) is 1.62. The molecule has 1 rings (SSSR count). The molecule has 5 atom stereocenters. The van der Waals surface area contributed by atoms with Crippen molar-refractivity contribution >= 4 is 0 Å². The van der Waals surface area contributed by atoms with Gasteiger partial charge in [0.15, 0.2) is 0 Å². The average Bonchev–Trinajstić information content (AvgIpc) is 2.10. The Kier molecular flexibility index (Phi) is 3.13. The van der Waals surface area contributed by atoms with Gasteiger partial charge in [-0.25, -0.2) is 0 Å². The van der Waals surface area contributed by atoms with Gasteiger partial charge in [0.05, 0.1) is 6.10 Å². The highest BCUT2D eigenvalue weighted by atomic mass is 16.7. The zero-order valence-corrected chi connectivity index (χ0v) is 8.95. The van der Waals surface area contributed by atoms with Crippen molar-refractivity contribution in [1.29, 1.82) is 0 Å². The van der Waals surface area contributed by atoms with E-state index in [0.717, 1.165) is 0 Å². The molecule has 0 aromatic heterocycles. The van der Waals surface area contributed by atoms with E-state index in [1.165, 1.54) is 20.8 Å². The Bertz CT molecular complexity index is 237. The van der Waals surface area contributed by atoms with E-state index in [1.807, 2.05) is 0 Å². The molecule has 6 heteroatoms. The third kappa shape index (κ3) is 1.89. The van der Waals surface area contributed by atoms with Crippen LogP contribution in [0.25, 0.3) is 0 Å². The lowest BCUT2D eigenvalue weighted by Crippen LogP contribution is -2.71. The molecule has 0 spiro atoms. The number of hydrogen-bond donors (Lipinski definition) is 5. The molecule has 0 amide bonds. The number of hydrogen-bond acceptors (Lipinski definition) is 6. The summed E-state index contributed by atoms with van der Waals surface area (Å²) in [7, 11) is 0. The smallest absolute Gasteiger partial charge is 0.224 e. The second-order valence-electron chi connectivity index (χ2n) is 4.50. The number of rotatable bonds is 1. The van der Waals surface area contributed by atoms with Gasteiger partial charge in [0, 0.05) is 0 Å². The van der Waals surface area contributed by atoms with Crippen molar-refractivity contribution in [3.05, 3.63) is 0 Å². The van der Waals surface area contributed by atoms with Gasteiger partial charge in [-0.2, -0.15) is 0 Å². The molecule has 0 aliphatic carbocycles. The Morgan fingerprint density at radius 3 is 2.00 bits per heavy atom. The van der Waals surface area contributed by atoms with Gasteiger partial charge < -0.3 is 30.3 Å². The first kappa shape index (κ1) is 12.8. The molecule has 90 valence electrons. The van der Waals surface area contributed by atoms with Crippen LogP contribution in [0.3, 0.4) is 0 Å². The highest BCUT2D eigenvalue weighted by Crippen LogP contribution is 2.35. The fraction of sp³-hybridized carbons (Fsp3) is 1.00. The molecule has 15 heavy (non-hydrogen) atoms. The van der Waals surface area contributed by atoms with E-state index in [2.05, 4.69) is 0 Å². The van der Waals surface area contributed by atoms with E-state index in [9.17, 15) is 25.5 Å². The van der Waals surface area contributed by atoms with Crippen LogP contribution in [-0.2, 0) is 4.74 Å². The maximum atomic E-state index is 9.94. The van der Waals surface area contributed by atoms with Crippen molar-refractivity contribution in [2.45, 2.75) is 56.6 Å². The molecule has 1 saturated heterocycles. The van der Waals surface area contributed by atoms with Gasteiger partial charge in [-0.15, -0.1) is 0 Å². The lowest BCUT2D eigenvalue weighted by Gasteiger charge is -2.49. The minimum Gasteiger partial charge on any atom is -0.388 e. The summed E-state index contributed by atoms with van der Waals surface area (Å²) in [5.74, 6) is -2.30. The molecule has 1 unspecified atom stereocenters. The highest BCUT2D eigenvalue weighted by Gasteiger charge is 2.58. The van der Waals surface area contributed by atoms with Gasteiger partial charge in [0.2, 0.25) is 5.79 Å². The van der Waals surface area contributed by atoms with Crippen LogP contribution in [0.15, 0.2) is 0 Å². The molecule has 1 heterocycles. The molecule has 1 aliphatic heterocycles. The summed E-state index contributed by atoms with van der Waals surface area (Å²) in [5.41, 5.74) is -1.76. The Labute approximate surface area is 87.7 Å². The molecule has 1 fully saturated rings. The molecular weight excluding hydrogens is 204 g/mol. The largest absolute Gasteiger partial charge is 0.388 e. The van der Waals surface area contributed by atoms with Crippen LogP contribution in [-0.4, -0.2) is 61.3 Å². The number of aliphatic hydroxyl groups excluding tert-OH is 3. The second kappa shape index (κ2) is 3.65. The van der Waals surface area contributed by atoms with Crippen LogP contribution >= 0.6 is 0 Å². The molecule has 0 aromatic rings. The summed E-state index contributed by atoms with van der Waals surface area (Å²) in [6.45, 7) is 3.91. The van der Waals surface area contributed by atoms with Crippen LogP contribution in [0, 0.1) is 0 Å². The van der Waals surface area contributed by atoms with Crippen molar-refractivity contribution < 1.29 is 30.3 Å². The minimum atomic E-state index is -2.30. The lowest BCUT2D eigenvalue weighted by atomic mass is 9.84. The van der Waals surface area contributed by atoms with E-state index in [0.29, 0.717) is 0 Å². The third-order valence-electron chi connectivity index (χ3n) is 2.80. The van der Waals surface area contributed by atoms with Gasteiger partial charge in [-0.05, 0) is 20.8 Å². The Balaban J connectivity index is 3.02. The molecule has 0 saturated carbocycles. The summed E-state index contributed by atoms with van der Waals surface area (Å²) < 4.78 is 4.98. The SMILES string of the molecule is CC1O[C@@](O)(C(C)(C)O)[C@@H](O)[C@H](O)[C@@H]1O. The van der Waals surface area contributed by atoms with Gasteiger partial charge >= 0.3 is 0 Å². The molecule has 0 aromatic carbocycles. The van der Waals surface area contributed by atoms with Crippen molar-refractivity contribution in [3.8, 4) is 0 Å². The van der Waals surface area contributed by atoms with Crippen LogP contribution in [0.4, 0.5) is 0 Å². The molecular formula is C9H18O6. The van der Waals surface area contributed by atoms with E-state index in [-0.39, 0.29) is 0 Å². The zero-order chi connectivity index (χ0) is 12.0. The van der Waals surface area contributed by atoms with Crippen LogP contribution in [0.2, 0.25) is 0 Å². The van der Waals surface area contributed by atoms with Crippen molar-refractivity contribution in [2.75, 3.05) is 0 Å². The maximum absolute atomic E-state index is 9.94. The third-order valence-corrected chi connectivity index (χ3v) is 2.80. The first-order valence-electron chi connectivity index (χ1n) is 4.78. The predicted octanol–water partition coefficient (Wildman–Crippen LogP) is -2.05. The highest BCUT2D eigenvalue weighted by molar-refractivity contribution is 5.02. The molecule has 1 aliphatic rings. The van der Waals surface area contributed by atoms with Crippen molar-refractivity contribution in [2.24, 2.45) is 0 Å². The monoisotopic (exact) mass is 222 g/mol. The topological polar surface area (TPSA) is 110 Å².